The van der Waals surface area contributed by atoms with Crippen LogP contribution in [0.25, 0.3) is 0 Å². The molecular weight excluding hydrogens is 252 g/mol. The molecule has 0 amide bonds. The van der Waals surface area contributed by atoms with Crippen molar-refractivity contribution in [2.75, 3.05) is 0 Å². The van der Waals surface area contributed by atoms with Gasteiger partial charge in [-0.15, -0.1) is 0 Å². The smallest absolute Gasteiger partial charge is 0.318 e. The van der Waals surface area contributed by atoms with E-state index in [2.05, 4.69) is 20.0 Å². The molecule has 1 fully saturated rings. The average Bonchev–Trinajstić information content (AvgIpc) is 2.83. The SMILES string of the molecule is CCc1ncc(CN[C@@H]2CCC[C@H]2OC(F)F)cn1. The summed E-state index contributed by atoms with van der Waals surface area (Å²) in [6.07, 6.45) is 6.43. The average molecular weight is 271 g/mol. The first-order valence-corrected chi connectivity index (χ1v) is 6.66. The molecule has 0 radical (unpaired) electrons. The quantitative estimate of drug-likeness (QED) is 0.862. The van der Waals surface area contributed by atoms with Gasteiger partial charge in [-0.3, -0.25) is 0 Å². The molecule has 2 atom stereocenters. The van der Waals surface area contributed by atoms with Crippen LogP contribution in [0.2, 0.25) is 0 Å². The molecule has 1 aliphatic carbocycles. The van der Waals surface area contributed by atoms with Crippen molar-refractivity contribution >= 4 is 0 Å². The summed E-state index contributed by atoms with van der Waals surface area (Å²) in [5.74, 6) is 0.809. The highest BCUT2D eigenvalue weighted by Gasteiger charge is 2.29. The van der Waals surface area contributed by atoms with Gasteiger partial charge in [-0.05, 0) is 19.3 Å². The molecule has 2 rings (SSSR count). The lowest BCUT2D eigenvalue weighted by molar-refractivity contribution is -0.165. The van der Waals surface area contributed by atoms with Crippen molar-refractivity contribution in [2.24, 2.45) is 0 Å². The summed E-state index contributed by atoms with van der Waals surface area (Å²) >= 11 is 0. The van der Waals surface area contributed by atoms with Crippen LogP contribution in [0.15, 0.2) is 12.4 Å². The molecular formula is C13H19F2N3O. The Morgan fingerprint density at radius 1 is 1.37 bits per heavy atom. The zero-order valence-electron chi connectivity index (χ0n) is 11.0. The number of rotatable bonds is 6. The molecule has 0 saturated heterocycles. The normalized spacial score (nSPS) is 23.2. The molecule has 4 nitrogen and oxygen atoms in total. The molecule has 1 aliphatic rings. The molecule has 0 aliphatic heterocycles. The number of ether oxygens (including phenoxy) is 1. The van der Waals surface area contributed by atoms with Crippen LogP contribution in [0.1, 0.15) is 37.6 Å². The predicted octanol–water partition coefficient (Wildman–Crippen LogP) is 2.29. The van der Waals surface area contributed by atoms with Crippen LogP contribution in [0.4, 0.5) is 8.78 Å². The van der Waals surface area contributed by atoms with Gasteiger partial charge in [0.25, 0.3) is 0 Å². The van der Waals surface area contributed by atoms with Crippen molar-refractivity contribution in [1.29, 1.82) is 0 Å². The van der Waals surface area contributed by atoms with Gasteiger partial charge in [0.15, 0.2) is 0 Å². The lowest BCUT2D eigenvalue weighted by Gasteiger charge is -2.20. The van der Waals surface area contributed by atoms with Crippen molar-refractivity contribution in [3.8, 4) is 0 Å². The summed E-state index contributed by atoms with van der Waals surface area (Å²) in [5, 5.41) is 3.25. The minimum Gasteiger partial charge on any atom is -0.318 e. The molecule has 0 aromatic carbocycles. The van der Waals surface area contributed by atoms with E-state index in [1.54, 1.807) is 12.4 Å². The zero-order chi connectivity index (χ0) is 13.7. The van der Waals surface area contributed by atoms with Gasteiger partial charge >= 0.3 is 6.61 Å². The largest absolute Gasteiger partial charge is 0.345 e. The summed E-state index contributed by atoms with van der Waals surface area (Å²) in [7, 11) is 0. The Bertz CT molecular complexity index is 386. The number of aromatic nitrogens is 2. The van der Waals surface area contributed by atoms with E-state index in [1.807, 2.05) is 6.92 Å². The lowest BCUT2D eigenvalue weighted by Crippen LogP contribution is -2.37. The first-order chi connectivity index (χ1) is 9.19. The molecule has 106 valence electrons. The van der Waals surface area contributed by atoms with E-state index in [0.717, 1.165) is 30.7 Å². The fraction of sp³-hybridized carbons (Fsp3) is 0.692. The third kappa shape index (κ3) is 4.18. The fourth-order valence-corrected chi connectivity index (χ4v) is 2.36. The number of nitrogens with zero attached hydrogens (tertiary/aromatic N) is 2. The summed E-state index contributed by atoms with van der Waals surface area (Å²) in [4.78, 5) is 8.41. The van der Waals surface area contributed by atoms with Crippen LogP contribution in [0.3, 0.4) is 0 Å². The first-order valence-electron chi connectivity index (χ1n) is 6.66. The third-order valence-electron chi connectivity index (χ3n) is 3.37. The Morgan fingerprint density at radius 2 is 2.11 bits per heavy atom. The van der Waals surface area contributed by atoms with Crippen molar-refractivity contribution in [3.05, 3.63) is 23.8 Å². The highest BCUT2D eigenvalue weighted by Crippen LogP contribution is 2.24. The molecule has 1 aromatic heterocycles. The lowest BCUT2D eigenvalue weighted by atomic mass is 10.2. The van der Waals surface area contributed by atoms with Crippen molar-refractivity contribution in [1.82, 2.24) is 15.3 Å². The minimum atomic E-state index is -2.69. The molecule has 0 bridgehead atoms. The van der Waals surface area contributed by atoms with Crippen LogP contribution >= 0.6 is 0 Å². The van der Waals surface area contributed by atoms with Crippen molar-refractivity contribution in [2.45, 2.75) is 57.9 Å². The van der Waals surface area contributed by atoms with Gasteiger partial charge in [-0.1, -0.05) is 6.92 Å². The molecule has 0 unspecified atom stereocenters. The van der Waals surface area contributed by atoms with E-state index >= 15 is 0 Å². The van der Waals surface area contributed by atoms with Crippen molar-refractivity contribution < 1.29 is 13.5 Å². The third-order valence-corrected chi connectivity index (χ3v) is 3.37. The Hall–Kier alpha value is -1.14. The first kappa shape index (κ1) is 14.3. The Balaban J connectivity index is 1.83. The van der Waals surface area contributed by atoms with Crippen LogP contribution in [0.5, 0.6) is 0 Å². The van der Waals surface area contributed by atoms with Crippen LogP contribution in [-0.4, -0.2) is 28.7 Å². The Labute approximate surface area is 111 Å². The summed E-state index contributed by atoms with van der Waals surface area (Å²) < 4.78 is 29.1. The molecule has 6 heteroatoms. The van der Waals surface area contributed by atoms with Gasteiger partial charge in [-0.25, -0.2) is 9.97 Å². The van der Waals surface area contributed by atoms with Gasteiger partial charge in [0.05, 0.1) is 6.10 Å². The second kappa shape index (κ2) is 6.86. The van der Waals surface area contributed by atoms with Crippen LogP contribution in [-0.2, 0) is 17.7 Å². The van der Waals surface area contributed by atoms with Crippen LogP contribution in [0, 0.1) is 0 Å². The standard InChI is InChI=1S/C13H19F2N3O/c1-2-12-17-7-9(8-18-12)6-16-10-4-3-5-11(10)19-13(14)15/h7-8,10-11,13,16H,2-6H2,1H3/t10-,11-/m1/s1. The maximum Gasteiger partial charge on any atom is 0.345 e. The van der Waals surface area contributed by atoms with Gasteiger partial charge < -0.3 is 10.1 Å². The van der Waals surface area contributed by atoms with Gasteiger partial charge in [0.2, 0.25) is 0 Å². The predicted molar refractivity (Wildman–Crippen MR) is 66.8 cm³/mol. The van der Waals surface area contributed by atoms with E-state index in [-0.39, 0.29) is 6.04 Å². The van der Waals surface area contributed by atoms with Gasteiger partial charge in [0.1, 0.15) is 5.82 Å². The second-order valence-corrected chi connectivity index (χ2v) is 4.71. The minimum absolute atomic E-state index is 0.0140. The van der Waals surface area contributed by atoms with Gasteiger partial charge in [-0.2, -0.15) is 8.78 Å². The van der Waals surface area contributed by atoms with E-state index < -0.39 is 12.7 Å². The number of hydrogen-bond donors (Lipinski definition) is 1. The highest BCUT2D eigenvalue weighted by atomic mass is 19.3. The monoisotopic (exact) mass is 271 g/mol. The number of halogens is 2. The number of nitrogens with one attached hydrogen (secondary N) is 1. The number of alkyl halides is 2. The molecule has 1 N–H and O–H groups in total. The van der Waals surface area contributed by atoms with Gasteiger partial charge in [0, 0.05) is 37.0 Å². The fourth-order valence-electron chi connectivity index (χ4n) is 2.36. The molecule has 0 spiro atoms. The highest BCUT2D eigenvalue weighted by molar-refractivity contribution is 5.05. The molecule has 19 heavy (non-hydrogen) atoms. The number of hydrogen-bond acceptors (Lipinski definition) is 4. The zero-order valence-corrected chi connectivity index (χ0v) is 11.0. The summed E-state index contributed by atoms with van der Waals surface area (Å²) in [6, 6.07) is -0.0140. The van der Waals surface area contributed by atoms with E-state index in [0.29, 0.717) is 13.0 Å². The molecule has 1 aromatic rings. The Kier molecular flexibility index (Phi) is 5.15. The molecule has 1 heterocycles. The Morgan fingerprint density at radius 3 is 2.74 bits per heavy atom. The van der Waals surface area contributed by atoms with Crippen LogP contribution < -0.4 is 5.32 Å². The topological polar surface area (TPSA) is 47.0 Å². The van der Waals surface area contributed by atoms with E-state index in [4.69, 9.17) is 0 Å². The maximum absolute atomic E-state index is 12.2. The van der Waals surface area contributed by atoms with E-state index in [1.165, 1.54) is 0 Å². The van der Waals surface area contributed by atoms with E-state index in [9.17, 15) is 8.78 Å². The summed E-state index contributed by atoms with van der Waals surface area (Å²) in [5.41, 5.74) is 0.958. The maximum atomic E-state index is 12.2. The summed E-state index contributed by atoms with van der Waals surface area (Å²) in [6.45, 7) is -0.116. The number of aryl methyl sites for hydroxylation is 1. The second-order valence-electron chi connectivity index (χ2n) is 4.71. The molecule has 1 saturated carbocycles. The van der Waals surface area contributed by atoms with Crippen molar-refractivity contribution in [3.63, 3.8) is 0 Å².